The Morgan fingerprint density at radius 3 is 2.37 bits per heavy atom. The molecule has 1 aromatic heterocycles. The summed E-state index contributed by atoms with van der Waals surface area (Å²) in [5, 5.41) is 5.47. The van der Waals surface area contributed by atoms with E-state index < -0.39 is 35.1 Å². The number of alkyl halides is 3. The number of aromatic amines is 1. The Labute approximate surface area is 106 Å². The van der Waals surface area contributed by atoms with Crippen LogP contribution in [0.15, 0.2) is 11.2 Å². The first-order valence-corrected chi connectivity index (χ1v) is 5.09. The van der Waals surface area contributed by atoms with Crippen molar-refractivity contribution in [2.75, 3.05) is 7.05 Å². The maximum atomic E-state index is 12.7. The monoisotopic (exact) mass is 276 g/mol. The number of aliphatic imine (C=N–C) groups is 1. The lowest BCUT2D eigenvalue weighted by molar-refractivity contribution is -0.138. The van der Waals surface area contributed by atoms with Crippen LogP contribution in [0.1, 0.15) is 25.1 Å². The topological polar surface area (TPSA) is 78.4 Å². The number of carbonyl (C=O) groups excluding carboxylic acids is 2. The third-order valence-electron chi connectivity index (χ3n) is 2.21. The molecule has 1 N–H and O–H groups in total. The summed E-state index contributed by atoms with van der Waals surface area (Å²) in [6.07, 6.45) is -4.03. The van der Waals surface area contributed by atoms with Crippen molar-refractivity contribution in [1.29, 1.82) is 0 Å². The van der Waals surface area contributed by atoms with Gasteiger partial charge in [0.1, 0.15) is 11.3 Å². The molecule has 0 bridgehead atoms. The van der Waals surface area contributed by atoms with Gasteiger partial charge >= 0.3 is 6.18 Å². The van der Waals surface area contributed by atoms with Gasteiger partial charge in [-0.05, 0) is 0 Å². The van der Waals surface area contributed by atoms with Gasteiger partial charge in [0, 0.05) is 27.1 Å². The molecule has 1 heterocycles. The molecule has 2 amide bonds. The van der Waals surface area contributed by atoms with Gasteiger partial charge in [-0.1, -0.05) is 0 Å². The maximum Gasteiger partial charge on any atom is 0.420 e. The van der Waals surface area contributed by atoms with Crippen molar-refractivity contribution in [1.82, 2.24) is 15.1 Å². The number of nitrogens with zero attached hydrogens (tertiary/aromatic N) is 3. The van der Waals surface area contributed by atoms with Gasteiger partial charge in [0.05, 0.1) is 0 Å². The van der Waals surface area contributed by atoms with Gasteiger partial charge in [0.15, 0.2) is 5.84 Å². The third kappa shape index (κ3) is 3.39. The van der Waals surface area contributed by atoms with E-state index >= 15 is 0 Å². The first-order chi connectivity index (χ1) is 8.64. The third-order valence-corrected chi connectivity index (χ3v) is 2.21. The molecule has 0 aliphatic carbocycles. The molecule has 19 heavy (non-hydrogen) atoms. The van der Waals surface area contributed by atoms with E-state index in [1.54, 1.807) is 0 Å². The molecule has 1 aromatic rings. The number of amides is 2. The SMILES string of the molecule is CC(=O)/N=C(\c1n[nH]cc1C(F)(F)F)N(C)C(C)=O. The van der Waals surface area contributed by atoms with Gasteiger partial charge in [-0.15, -0.1) is 0 Å². The van der Waals surface area contributed by atoms with E-state index in [1.807, 2.05) is 0 Å². The first-order valence-electron chi connectivity index (χ1n) is 5.09. The largest absolute Gasteiger partial charge is 0.420 e. The smallest absolute Gasteiger partial charge is 0.298 e. The Morgan fingerprint density at radius 2 is 1.95 bits per heavy atom. The fraction of sp³-hybridized carbons (Fsp3) is 0.400. The van der Waals surface area contributed by atoms with E-state index in [0.717, 1.165) is 18.7 Å². The average molecular weight is 276 g/mol. The number of rotatable bonds is 1. The summed E-state index contributed by atoms with van der Waals surface area (Å²) in [4.78, 5) is 26.5. The van der Waals surface area contributed by atoms with E-state index in [4.69, 9.17) is 0 Å². The fourth-order valence-electron chi connectivity index (χ4n) is 1.26. The van der Waals surface area contributed by atoms with Gasteiger partial charge in [0.25, 0.3) is 0 Å². The highest BCUT2D eigenvalue weighted by atomic mass is 19.4. The molecule has 9 heteroatoms. The van der Waals surface area contributed by atoms with Crippen LogP contribution in [-0.4, -0.2) is 39.8 Å². The maximum absolute atomic E-state index is 12.7. The predicted molar refractivity (Wildman–Crippen MR) is 59.3 cm³/mol. The summed E-state index contributed by atoms with van der Waals surface area (Å²) >= 11 is 0. The Bertz CT molecular complexity index is 533. The van der Waals surface area contributed by atoms with Crippen LogP contribution in [0, 0.1) is 0 Å². The lowest BCUT2D eigenvalue weighted by Gasteiger charge is -2.17. The number of halogens is 3. The van der Waals surface area contributed by atoms with Crippen LogP contribution in [-0.2, 0) is 15.8 Å². The van der Waals surface area contributed by atoms with E-state index in [1.165, 1.54) is 7.05 Å². The van der Waals surface area contributed by atoms with Crippen LogP contribution < -0.4 is 0 Å². The molecular formula is C10H11F3N4O2. The summed E-state index contributed by atoms with van der Waals surface area (Å²) in [7, 11) is 1.21. The normalized spacial score (nSPS) is 12.4. The Balaban J connectivity index is 3.40. The standard InChI is InChI=1S/C10H11F3N4O2/c1-5(18)15-9(17(3)6(2)19)8-7(4-14-16-8)10(11,12)13/h4H,1-3H3,(H,14,16)/b15-9+. The second-order valence-corrected chi connectivity index (χ2v) is 3.68. The molecule has 0 saturated heterocycles. The molecule has 1 rings (SSSR count). The van der Waals surface area contributed by atoms with E-state index in [9.17, 15) is 22.8 Å². The molecular weight excluding hydrogens is 265 g/mol. The molecule has 0 spiro atoms. The Kier molecular flexibility index (Phi) is 4.07. The van der Waals surface area contributed by atoms with Gasteiger partial charge in [0.2, 0.25) is 11.8 Å². The molecule has 0 aliphatic rings. The molecule has 104 valence electrons. The minimum Gasteiger partial charge on any atom is -0.298 e. The minimum absolute atomic E-state index is 0.450. The summed E-state index contributed by atoms with van der Waals surface area (Å²) in [6.45, 7) is 2.20. The fourth-order valence-corrected chi connectivity index (χ4v) is 1.26. The first kappa shape index (κ1) is 14.9. The van der Waals surface area contributed by atoms with Crippen LogP contribution in [0.2, 0.25) is 0 Å². The van der Waals surface area contributed by atoms with Crippen molar-refractivity contribution in [2.24, 2.45) is 4.99 Å². The zero-order chi connectivity index (χ0) is 14.8. The summed E-state index contributed by atoms with van der Waals surface area (Å²) < 4.78 is 38.2. The van der Waals surface area contributed by atoms with Crippen molar-refractivity contribution in [3.05, 3.63) is 17.5 Å². The van der Waals surface area contributed by atoms with Gasteiger partial charge in [-0.3, -0.25) is 19.6 Å². The molecule has 0 aliphatic heterocycles. The highest BCUT2D eigenvalue weighted by Crippen LogP contribution is 2.31. The van der Waals surface area contributed by atoms with Gasteiger partial charge in [-0.2, -0.15) is 23.3 Å². The van der Waals surface area contributed by atoms with Gasteiger partial charge in [-0.25, -0.2) is 0 Å². The number of amidine groups is 1. The van der Waals surface area contributed by atoms with Crippen LogP contribution in [0.4, 0.5) is 13.2 Å². The minimum atomic E-state index is -4.67. The summed E-state index contributed by atoms with van der Waals surface area (Å²) in [6, 6.07) is 0. The average Bonchev–Trinajstić information content (AvgIpc) is 2.72. The number of aromatic nitrogens is 2. The molecule has 0 atom stereocenters. The zero-order valence-electron chi connectivity index (χ0n) is 10.4. The van der Waals surface area contributed by atoms with Crippen LogP contribution in [0.25, 0.3) is 0 Å². The number of carbonyl (C=O) groups is 2. The zero-order valence-corrected chi connectivity index (χ0v) is 10.4. The Hall–Kier alpha value is -2.19. The lowest BCUT2D eigenvalue weighted by atomic mass is 10.2. The van der Waals surface area contributed by atoms with Crippen molar-refractivity contribution < 1.29 is 22.8 Å². The predicted octanol–water partition coefficient (Wildman–Crippen LogP) is 1.20. The number of nitrogens with one attached hydrogen (secondary N) is 1. The van der Waals surface area contributed by atoms with Crippen LogP contribution in [0.3, 0.4) is 0 Å². The van der Waals surface area contributed by atoms with Crippen LogP contribution >= 0.6 is 0 Å². The molecule has 6 nitrogen and oxygen atoms in total. The number of hydrogen-bond acceptors (Lipinski definition) is 3. The second-order valence-electron chi connectivity index (χ2n) is 3.68. The van der Waals surface area contributed by atoms with E-state index in [-0.39, 0.29) is 0 Å². The van der Waals surface area contributed by atoms with Gasteiger partial charge < -0.3 is 0 Å². The molecule has 0 radical (unpaired) electrons. The Morgan fingerprint density at radius 1 is 1.37 bits per heavy atom. The highest BCUT2D eigenvalue weighted by molar-refractivity contribution is 6.10. The van der Waals surface area contributed by atoms with Crippen molar-refractivity contribution in [3.8, 4) is 0 Å². The lowest BCUT2D eigenvalue weighted by Crippen LogP contribution is -2.34. The molecule has 0 fully saturated rings. The number of H-pyrrole nitrogens is 1. The van der Waals surface area contributed by atoms with Crippen molar-refractivity contribution >= 4 is 17.6 Å². The van der Waals surface area contributed by atoms with Crippen molar-refractivity contribution in [3.63, 3.8) is 0 Å². The summed E-state index contributed by atoms with van der Waals surface area (Å²) in [5.74, 6) is -1.76. The van der Waals surface area contributed by atoms with E-state index in [0.29, 0.717) is 6.20 Å². The quantitative estimate of drug-likeness (QED) is 0.618. The summed E-state index contributed by atoms with van der Waals surface area (Å²) in [5.41, 5.74) is -1.69. The number of hydrogen-bond donors (Lipinski definition) is 1. The second kappa shape index (κ2) is 5.21. The van der Waals surface area contributed by atoms with Crippen molar-refractivity contribution in [2.45, 2.75) is 20.0 Å². The highest BCUT2D eigenvalue weighted by Gasteiger charge is 2.37. The van der Waals surface area contributed by atoms with Crippen LogP contribution in [0.5, 0.6) is 0 Å². The van der Waals surface area contributed by atoms with E-state index in [2.05, 4.69) is 15.2 Å². The molecule has 0 aromatic carbocycles. The molecule has 0 saturated carbocycles. The molecule has 0 unspecified atom stereocenters.